The molecule has 0 aliphatic rings. The molecule has 2 aromatic carbocycles. The number of rotatable bonds is 11. The van der Waals surface area contributed by atoms with E-state index in [2.05, 4.69) is 5.32 Å². The van der Waals surface area contributed by atoms with Gasteiger partial charge in [0.25, 0.3) is 0 Å². The Morgan fingerprint density at radius 2 is 1.22 bits per heavy atom. The summed E-state index contributed by atoms with van der Waals surface area (Å²) in [6, 6.07) is 16.9. The fourth-order valence-corrected chi connectivity index (χ4v) is 3.16. The lowest BCUT2D eigenvalue weighted by molar-refractivity contribution is -0.164. The van der Waals surface area contributed by atoms with Crippen molar-refractivity contribution in [2.45, 2.75) is 58.5 Å². The lowest BCUT2D eigenvalue weighted by Gasteiger charge is -2.23. The van der Waals surface area contributed by atoms with Gasteiger partial charge in [0.1, 0.15) is 24.9 Å². The van der Waals surface area contributed by atoms with Crippen LogP contribution in [0.25, 0.3) is 0 Å². The highest BCUT2D eigenvalue weighted by molar-refractivity contribution is 5.95. The molecule has 1 amide bonds. The van der Waals surface area contributed by atoms with E-state index in [4.69, 9.17) is 18.9 Å². The molecule has 0 saturated heterocycles. The highest BCUT2D eigenvalue weighted by Gasteiger charge is 2.33. The highest BCUT2D eigenvalue weighted by atomic mass is 16.6. The zero-order valence-corrected chi connectivity index (χ0v) is 21.0. The van der Waals surface area contributed by atoms with Gasteiger partial charge in [0.15, 0.2) is 5.92 Å². The number of hydrogen-bond donors (Lipinski definition) is 1. The number of ether oxygens (including phenoxy) is 4. The molecule has 194 valence electrons. The Bertz CT molecular complexity index is 946. The molecule has 0 saturated carbocycles. The summed E-state index contributed by atoms with van der Waals surface area (Å²) < 4.78 is 20.7. The second-order valence-electron chi connectivity index (χ2n) is 9.04. The lowest BCUT2D eigenvalue weighted by Crippen LogP contribution is -2.44. The first-order chi connectivity index (χ1) is 17.1. The highest BCUT2D eigenvalue weighted by Crippen LogP contribution is 2.17. The summed E-state index contributed by atoms with van der Waals surface area (Å²) in [5.74, 6) is -3.64. The molecule has 0 bridgehead atoms. The molecule has 2 rings (SSSR count). The second-order valence-corrected chi connectivity index (χ2v) is 9.04. The number of carbonyl (C=O) groups excluding carboxylic acids is 4. The van der Waals surface area contributed by atoms with E-state index in [1.165, 1.54) is 7.11 Å². The maximum Gasteiger partial charge on any atom is 0.408 e. The third-order valence-corrected chi connectivity index (χ3v) is 4.94. The molecule has 9 heteroatoms. The molecule has 1 atom stereocenters. The van der Waals surface area contributed by atoms with Gasteiger partial charge in [0, 0.05) is 0 Å². The number of amides is 1. The van der Waals surface area contributed by atoms with Gasteiger partial charge in [-0.2, -0.15) is 0 Å². The summed E-state index contributed by atoms with van der Waals surface area (Å²) in [7, 11) is 1.17. The SMILES string of the molecule is COC(=O)[C@H](CCC(C(=O)OCc1ccccc1)C(=O)OCc1ccccc1)NC(=O)OC(C)(C)C. The first-order valence-electron chi connectivity index (χ1n) is 11.6. The molecule has 2 aromatic rings. The molecule has 0 aliphatic carbocycles. The van der Waals surface area contributed by atoms with Crippen LogP contribution in [0.4, 0.5) is 4.79 Å². The van der Waals surface area contributed by atoms with Crippen LogP contribution in [-0.2, 0) is 46.5 Å². The largest absolute Gasteiger partial charge is 0.467 e. The smallest absolute Gasteiger partial charge is 0.408 e. The van der Waals surface area contributed by atoms with Crippen molar-refractivity contribution < 1.29 is 38.1 Å². The van der Waals surface area contributed by atoms with Crippen LogP contribution in [0.15, 0.2) is 60.7 Å². The van der Waals surface area contributed by atoms with Crippen LogP contribution >= 0.6 is 0 Å². The fourth-order valence-electron chi connectivity index (χ4n) is 3.16. The fraction of sp³-hybridized carbons (Fsp3) is 0.407. The standard InChI is InChI=1S/C27H33NO8/c1-27(2,3)36-26(32)28-22(25(31)33-4)16-15-21(23(29)34-17-19-11-7-5-8-12-19)24(30)35-18-20-13-9-6-10-14-20/h5-14,21-22H,15-18H2,1-4H3,(H,28,32)/t22-/m0/s1. The normalized spacial score (nSPS) is 11.8. The lowest BCUT2D eigenvalue weighted by atomic mass is 9.99. The van der Waals surface area contributed by atoms with E-state index in [9.17, 15) is 19.2 Å². The first kappa shape index (κ1) is 28.4. The van der Waals surface area contributed by atoms with E-state index in [-0.39, 0.29) is 26.1 Å². The summed E-state index contributed by atoms with van der Waals surface area (Å²) in [6.07, 6.45) is -1.04. The van der Waals surface area contributed by atoms with Crippen molar-refractivity contribution in [2.75, 3.05) is 7.11 Å². The monoisotopic (exact) mass is 499 g/mol. The first-order valence-corrected chi connectivity index (χ1v) is 11.6. The van der Waals surface area contributed by atoms with Crippen LogP contribution in [0.1, 0.15) is 44.7 Å². The van der Waals surface area contributed by atoms with Gasteiger partial charge < -0.3 is 24.3 Å². The van der Waals surface area contributed by atoms with Crippen LogP contribution < -0.4 is 5.32 Å². The summed E-state index contributed by atoms with van der Waals surface area (Å²) >= 11 is 0. The molecule has 0 aliphatic heterocycles. The van der Waals surface area contributed by atoms with Crippen molar-refractivity contribution >= 4 is 24.0 Å². The Morgan fingerprint density at radius 1 is 0.750 bits per heavy atom. The van der Waals surface area contributed by atoms with Crippen molar-refractivity contribution in [2.24, 2.45) is 5.92 Å². The third kappa shape index (κ3) is 10.2. The Balaban J connectivity index is 2.10. The number of carbonyl (C=O) groups is 4. The number of methoxy groups -OCH3 is 1. The Labute approximate surface area is 211 Å². The summed E-state index contributed by atoms with van der Waals surface area (Å²) in [4.78, 5) is 50.2. The Kier molecular flexibility index (Phi) is 10.9. The van der Waals surface area contributed by atoms with Crippen LogP contribution in [0.5, 0.6) is 0 Å². The molecular formula is C27H33NO8. The number of nitrogens with one attached hydrogen (secondary N) is 1. The van der Waals surface area contributed by atoms with Crippen LogP contribution in [0.2, 0.25) is 0 Å². The average Bonchev–Trinajstić information content (AvgIpc) is 2.85. The van der Waals surface area contributed by atoms with Crippen molar-refractivity contribution in [1.82, 2.24) is 5.32 Å². The molecule has 0 unspecified atom stereocenters. The van der Waals surface area contributed by atoms with Gasteiger partial charge >= 0.3 is 24.0 Å². The van der Waals surface area contributed by atoms with Gasteiger partial charge in [-0.05, 0) is 44.7 Å². The molecule has 36 heavy (non-hydrogen) atoms. The maximum atomic E-state index is 12.9. The summed E-state index contributed by atoms with van der Waals surface area (Å²) in [6.45, 7) is 4.99. The second kappa shape index (κ2) is 13.9. The minimum absolute atomic E-state index is 0.0290. The van der Waals surface area contributed by atoms with Gasteiger partial charge in [-0.1, -0.05) is 60.7 Å². The molecule has 9 nitrogen and oxygen atoms in total. The minimum Gasteiger partial charge on any atom is -0.467 e. The van der Waals surface area contributed by atoms with Crippen LogP contribution in [0, 0.1) is 5.92 Å². The van der Waals surface area contributed by atoms with Gasteiger partial charge in [-0.15, -0.1) is 0 Å². The van der Waals surface area contributed by atoms with Crippen molar-refractivity contribution in [3.8, 4) is 0 Å². The van der Waals surface area contributed by atoms with Gasteiger partial charge in [-0.25, -0.2) is 9.59 Å². The third-order valence-electron chi connectivity index (χ3n) is 4.94. The Hall–Kier alpha value is -3.88. The van der Waals surface area contributed by atoms with E-state index < -0.39 is 41.6 Å². The van der Waals surface area contributed by atoms with Gasteiger partial charge in [0.05, 0.1) is 7.11 Å². The summed E-state index contributed by atoms with van der Waals surface area (Å²) in [5.41, 5.74) is 0.720. The quantitative estimate of drug-likeness (QED) is 0.281. The van der Waals surface area contributed by atoms with E-state index in [0.717, 1.165) is 11.1 Å². The van der Waals surface area contributed by atoms with E-state index in [1.54, 1.807) is 69.3 Å². The Morgan fingerprint density at radius 3 is 1.64 bits per heavy atom. The van der Waals surface area contributed by atoms with Crippen LogP contribution in [0.3, 0.4) is 0 Å². The topological polar surface area (TPSA) is 117 Å². The molecule has 0 fully saturated rings. The zero-order chi connectivity index (χ0) is 26.6. The number of alkyl carbamates (subject to hydrolysis) is 1. The molecule has 1 N–H and O–H groups in total. The van der Waals surface area contributed by atoms with E-state index >= 15 is 0 Å². The minimum atomic E-state index is -1.31. The molecule has 0 spiro atoms. The van der Waals surface area contributed by atoms with Gasteiger partial charge in [0.2, 0.25) is 0 Å². The molecular weight excluding hydrogens is 466 g/mol. The van der Waals surface area contributed by atoms with Crippen molar-refractivity contribution in [3.63, 3.8) is 0 Å². The van der Waals surface area contributed by atoms with Crippen molar-refractivity contribution in [1.29, 1.82) is 0 Å². The van der Waals surface area contributed by atoms with Crippen molar-refractivity contribution in [3.05, 3.63) is 71.8 Å². The average molecular weight is 500 g/mol. The van der Waals surface area contributed by atoms with Gasteiger partial charge in [-0.3, -0.25) is 9.59 Å². The number of benzene rings is 2. The molecule has 0 radical (unpaired) electrons. The molecule has 0 heterocycles. The number of hydrogen-bond acceptors (Lipinski definition) is 8. The van der Waals surface area contributed by atoms with E-state index in [1.807, 2.05) is 12.1 Å². The predicted molar refractivity (Wildman–Crippen MR) is 130 cm³/mol. The molecule has 0 aromatic heterocycles. The van der Waals surface area contributed by atoms with E-state index in [0.29, 0.717) is 0 Å². The van der Waals surface area contributed by atoms with Crippen LogP contribution in [-0.4, -0.2) is 42.8 Å². The summed E-state index contributed by atoms with van der Waals surface area (Å²) in [5, 5.41) is 2.43. The number of esters is 3. The predicted octanol–water partition coefficient (Wildman–Crippen LogP) is 3.94. The maximum absolute atomic E-state index is 12.9. The zero-order valence-electron chi connectivity index (χ0n) is 21.0.